The van der Waals surface area contributed by atoms with E-state index in [1.807, 2.05) is 0 Å². The lowest BCUT2D eigenvalue weighted by Gasteiger charge is -2.29. The largest absolute Gasteiger partial charge is 0.310 e. The van der Waals surface area contributed by atoms with Crippen LogP contribution in [0.25, 0.3) is 66.1 Å². The molecule has 1 nitrogen and oxygen atoms in total. The van der Waals surface area contributed by atoms with Crippen molar-refractivity contribution in [1.82, 2.24) is 0 Å². The van der Waals surface area contributed by atoms with Crippen molar-refractivity contribution in [3.8, 4) is 44.5 Å². The Morgan fingerprint density at radius 1 is 0.333 bits per heavy atom. The van der Waals surface area contributed by atoms with Crippen LogP contribution < -0.4 is 4.90 Å². The van der Waals surface area contributed by atoms with Gasteiger partial charge >= 0.3 is 0 Å². The molecule has 9 aromatic carbocycles. The molecule has 0 bridgehead atoms. The third-order valence-corrected chi connectivity index (χ3v) is 11.4. The molecule has 0 N–H and O–H groups in total. The average Bonchev–Trinajstić information content (AvgIpc) is 3.47. The zero-order valence-electron chi connectivity index (χ0n) is 30.5. The first kappa shape index (κ1) is 32.0. The lowest BCUT2D eigenvalue weighted by atomic mass is 9.82. The molecule has 1 aliphatic carbocycles. The number of anilines is 3. The van der Waals surface area contributed by atoms with Gasteiger partial charge in [-0.05, 0) is 120 Å². The molecule has 9 aromatic rings. The van der Waals surface area contributed by atoms with Crippen LogP contribution in [0, 0.1) is 0 Å². The maximum absolute atomic E-state index is 2.44. The summed E-state index contributed by atoms with van der Waals surface area (Å²) in [5.41, 5.74) is 16.0. The first-order valence-corrected chi connectivity index (χ1v) is 18.8. The molecule has 0 unspecified atom stereocenters. The number of fused-ring (bicyclic) bond motifs is 5. The van der Waals surface area contributed by atoms with E-state index in [0.29, 0.717) is 0 Å². The van der Waals surface area contributed by atoms with Gasteiger partial charge in [0.15, 0.2) is 0 Å². The minimum atomic E-state index is -0.0898. The topological polar surface area (TPSA) is 3.24 Å². The van der Waals surface area contributed by atoms with Gasteiger partial charge in [-0.3, -0.25) is 0 Å². The van der Waals surface area contributed by atoms with Crippen LogP contribution in [0.15, 0.2) is 200 Å². The van der Waals surface area contributed by atoms with Crippen molar-refractivity contribution in [2.24, 2.45) is 0 Å². The highest BCUT2D eigenvalue weighted by atomic mass is 15.1. The Hall–Kier alpha value is -6.70. The second-order valence-electron chi connectivity index (χ2n) is 15.0. The van der Waals surface area contributed by atoms with Crippen molar-refractivity contribution in [3.05, 3.63) is 211 Å². The van der Waals surface area contributed by atoms with Crippen molar-refractivity contribution >= 4 is 38.6 Å². The van der Waals surface area contributed by atoms with Gasteiger partial charge in [0.05, 0.1) is 5.69 Å². The smallest absolute Gasteiger partial charge is 0.0543 e. The molecule has 1 aliphatic rings. The van der Waals surface area contributed by atoms with E-state index in [1.54, 1.807) is 0 Å². The van der Waals surface area contributed by atoms with Crippen LogP contribution >= 0.6 is 0 Å². The number of hydrogen-bond donors (Lipinski definition) is 0. The molecule has 256 valence electrons. The number of hydrogen-bond acceptors (Lipinski definition) is 1. The summed E-state index contributed by atoms with van der Waals surface area (Å²) in [5, 5.41) is 5.03. The molecule has 1 heteroatoms. The van der Waals surface area contributed by atoms with Gasteiger partial charge in [0.25, 0.3) is 0 Å². The molecular weight excluding hydrogens is 651 g/mol. The molecule has 0 heterocycles. The van der Waals surface area contributed by atoms with E-state index >= 15 is 0 Å². The highest BCUT2D eigenvalue weighted by molar-refractivity contribution is 5.96. The van der Waals surface area contributed by atoms with Crippen LogP contribution in [0.4, 0.5) is 17.1 Å². The molecule has 0 aliphatic heterocycles. The van der Waals surface area contributed by atoms with Gasteiger partial charge < -0.3 is 4.90 Å². The van der Waals surface area contributed by atoms with Crippen molar-refractivity contribution in [2.75, 3.05) is 4.90 Å². The molecule has 0 spiro atoms. The molecule has 0 saturated heterocycles. The average molecular weight is 690 g/mol. The summed E-state index contributed by atoms with van der Waals surface area (Å²) in [6.45, 7) is 4.70. The molecule has 0 fully saturated rings. The van der Waals surface area contributed by atoms with Gasteiger partial charge in [-0.2, -0.15) is 0 Å². The zero-order valence-corrected chi connectivity index (χ0v) is 30.5. The van der Waals surface area contributed by atoms with Crippen LogP contribution in [0.3, 0.4) is 0 Å². The SMILES string of the molecule is CC1(C)c2ccccc2-c2c(N(c3ccc(-c4cccc(-c5ccc6ccccc6c5)c4)cc3)c3ccc(-c4ccc5ccccc5c4)cc3)cccc21. The van der Waals surface area contributed by atoms with Crippen molar-refractivity contribution in [1.29, 1.82) is 0 Å². The van der Waals surface area contributed by atoms with Gasteiger partial charge in [-0.25, -0.2) is 0 Å². The fourth-order valence-corrected chi connectivity index (χ4v) is 8.57. The monoisotopic (exact) mass is 689 g/mol. The number of nitrogens with zero attached hydrogens (tertiary/aromatic N) is 1. The molecular formula is C53H39N. The van der Waals surface area contributed by atoms with Gasteiger partial charge in [0, 0.05) is 22.4 Å². The first-order valence-electron chi connectivity index (χ1n) is 18.8. The van der Waals surface area contributed by atoms with Crippen LogP contribution in [-0.4, -0.2) is 0 Å². The summed E-state index contributed by atoms with van der Waals surface area (Å²) < 4.78 is 0. The maximum Gasteiger partial charge on any atom is 0.0543 e. The molecule has 0 aromatic heterocycles. The van der Waals surface area contributed by atoms with Crippen LogP contribution in [0.5, 0.6) is 0 Å². The van der Waals surface area contributed by atoms with Gasteiger partial charge in [-0.15, -0.1) is 0 Å². The Morgan fingerprint density at radius 3 is 1.39 bits per heavy atom. The summed E-state index contributed by atoms with van der Waals surface area (Å²) in [7, 11) is 0. The summed E-state index contributed by atoms with van der Waals surface area (Å²) in [6, 6.07) is 73.4. The van der Waals surface area contributed by atoms with Crippen molar-refractivity contribution < 1.29 is 0 Å². The highest BCUT2D eigenvalue weighted by Gasteiger charge is 2.37. The lowest BCUT2D eigenvalue weighted by molar-refractivity contribution is 0.660. The summed E-state index contributed by atoms with van der Waals surface area (Å²) in [4.78, 5) is 2.44. The number of rotatable bonds is 6. The fraction of sp³-hybridized carbons (Fsp3) is 0.0566. The standard InChI is InChI=1S/C53H39N/c1-53(2)49-18-8-7-17-48(49)52-50(53)19-10-20-51(52)54(47-31-27-39(28-32-47)44-23-21-36-11-3-5-13-40(36)34-44)46-29-25-38(26-30-46)42-15-9-16-43(33-42)45-24-22-37-12-4-6-14-41(37)35-45/h3-35H,1-2H3. The van der Waals surface area contributed by atoms with E-state index < -0.39 is 0 Å². The predicted octanol–water partition coefficient (Wildman–Crippen LogP) is 14.8. The Kier molecular flexibility index (Phi) is 7.56. The normalized spacial score (nSPS) is 12.8. The van der Waals surface area contributed by atoms with Crippen LogP contribution in [0.2, 0.25) is 0 Å². The summed E-state index contributed by atoms with van der Waals surface area (Å²) in [5.74, 6) is 0. The van der Waals surface area contributed by atoms with Gasteiger partial charge in [0.2, 0.25) is 0 Å². The van der Waals surface area contributed by atoms with E-state index in [0.717, 1.165) is 11.4 Å². The highest BCUT2D eigenvalue weighted by Crippen LogP contribution is 2.54. The predicted molar refractivity (Wildman–Crippen MR) is 230 cm³/mol. The van der Waals surface area contributed by atoms with E-state index in [-0.39, 0.29) is 5.41 Å². The minimum absolute atomic E-state index is 0.0898. The molecule has 10 rings (SSSR count). The van der Waals surface area contributed by atoms with Crippen molar-refractivity contribution in [2.45, 2.75) is 19.3 Å². The Labute approximate surface area is 317 Å². The molecule has 0 amide bonds. The van der Waals surface area contributed by atoms with E-state index in [1.165, 1.54) is 82.9 Å². The summed E-state index contributed by atoms with van der Waals surface area (Å²) >= 11 is 0. The van der Waals surface area contributed by atoms with E-state index in [9.17, 15) is 0 Å². The van der Waals surface area contributed by atoms with Gasteiger partial charge in [0.1, 0.15) is 0 Å². The zero-order chi connectivity index (χ0) is 36.2. The Balaban J connectivity index is 1.07. The number of benzene rings is 9. The van der Waals surface area contributed by atoms with Crippen LogP contribution in [0.1, 0.15) is 25.0 Å². The molecule has 0 atom stereocenters. The van der Waals surface area contributed by atoms with Gasteiger partial charge in [-0.1, -0.05) is 166 Å². The molecule has 0 radical (unpaired) electrons. The Bertz CT molecular complexity index is 2840. The fourth-order valence-electron chi connectivity index (χ4n) is 8.57. The summed E-state index contributed by atoms with van der Waals surface area (Å²) in [6.07, 6.45) is 0. The lowest BCUT2D eigenvalue weighted by Crippen LogP contribution is -2.16. The molecule has 0 saturated carbocycles. The van der Waals surface area contributed by atoms with Crippen LogP contribution in [-0.2, 0) is 5.41 Å². The second kappa shape index (κ2) is 12.8. The second-order valence-corrected chi connectivity index (χ2v) is 15.0. The van der Waals surface area contributed by atoms with E-state index in [4.69, 9.17) is 0 Å². The molecule has 54 heavy (non-hydrogen) atoms. The quantitative estimate of drug-likeness (QED) is 0.168. The maximum atomic E-state index is 2.44. The third kappa shape index (κ3) is 5.40. The first-order chi connectivity index (χ1) is 26.5. The third-order valence-electron chi connectivity index (χ3n) is 11.4. The Morgan fingerprint density at radius 2 is 0.778 bits per heavy atom. The van der Waals surface area contributed by atoms with E-state index in [2.05, 4.69) is 219 Å². The minimum Gasteiger partial charge on any atom is -0.310 e. The van der Waals surface area contributed by atoms with Crippen molar-refractivity contribution in [3.63, 3.8) is 0 Å².